The molecule has 0 unspecified atom stereocenters. The zero-order valence-electron chi connectivity index (χ0n) is 16.0. The number of methoxy groups -OCH3 is 2. The second-order valence-electron chi connectivity index (χ2n) is 5.84. The lowest BCUT2D eigenvalue weighted by molar-refractivity contribution is 0.0598. The second-order valence-corrected chi connectivity index (χ2v) is 8.76. The standard InChI is InChI=1S/C19H21NO6S2/c1-20(12-13-5-7-16(27-4)8-6-13)28(23,24)17-10-14(18(21)25-2)9-15(11-17)19(22)26-3/h5-11H,12H2,1-4H3. The number of thioether (sulfide) groups is 1. The van der Waals surface area contributed by atoms with E-state index in [-0.39, 0.29) is 22.6 Å². The zero-order chi connectivity index (χ0) is 20.9. The molecule has 2 rings (SSSR count). The van der Waals surface area contributed by atoms with Crippen LogP contribution in [0.2, 0.25) is 0 Å². The lowest BCUT2D eigenvalue weighted by Gasteiger charge is -2.18. The maximum absolute atomic E-state index is 13.0. The number of hydrogen-bond acceptors (Lipinski definition) is 7. The molecule has 0 radical (unpaired) electrons. The first-order valence-electron chi connectivity index (χ1n) is 8.14. The van der Waals surface area contributed by atoms with Crippen molar-refractivity contribution < 1.29 is 27.5 Å². The summed E-state index contributed by atoms with van der Waals surface area (Å²) in [4.78, 5) is 24.7. The van der Waals surface area contributed by atoms with Crippen LogP contribution in [0.25, 0.3) is 0 Å². The van der Waals surface area contributed by atoms with Crippen molar-refractivity contribution in [3.8, 4) is 0 Å². The van der Waals surface area contributed by atoms with E-state index < -0.39 is 22.0 Å². The van der Waals surface area contributed by atoms with Crippen molar-refractivity contribution in [2.45, 2.75) is 16.3 Å². The molecule has 0 aliphatic rings. The van der Waals surface area contributed by atoms with Crippen molar-refractivity contribution in [1.29, 1.82) is 0 Å². The van der Waals surface area contributed by atoms with Gasteiger partial charge in [-0.3, -0.25) is 0 Å². The van der Waals surface area contributed by atoms with Gasteiger partial charge in [0.25, 0.3) is 0 Å². The number of rotatable bonds is 7. The van der Waals surface area contributed by atoms with Gasteiger partial charge < -0.3 is 9.47 Å². The number of benzene rings is 2. The summed E-state index contributed by atoms with van der Waals surface area (Å²) in [5.41, 5.74) is 0.699. The number of ether oxygens (including phenoxy) is 2. The molecule has 2 aromatic rings. The first kappa shape index (κ1) is 21.9. The van der Waals surface area contributed by atoms with Gasteiger partial charge in [0.05, 0.1) is 30.2 Å². The summed E-state index contributed by atoms with van der Waals surface area (Å²) in [7, 11) is -0.193. The number of carbonyl (C=O) groups excluding carboxylic acids is 2. The molecule has 0 saturated heterocycles. The highest BCUT2D eigenvalue weighted by Gasteiger charge is 2.25. The summed E-state index contributed by atoms with van der Waals surface area (Å²) < 4.78 is 36.5. The number of carbonyl (C=O) groups is 2. The highest BCUT2D eigenvalue weighted by molar-refractivity contribution is 7.98. The van der Waals surface area contributed by atoms with Gasteiger partial charge >= 0.3 is 11.9 Å². The van der Waals surface area contributed by atoms with Crippen molar-refractivity contribution in [1.82, 2.24) is 4.31 Å². The summed E-state index contributed by atoms with van der Waals surface area (Å²) in [6, 6.07) is 11.1. The minimum Gasteiger partial charge on any atom is -0.465 e. The average Bonchev–Trinajstić information content (AvgIpc) is 2.72. The van der Waals surface area contributed by atoms with Crippen molar-refractivity contribution in [3.05, 3.63) is 59.2 Å². The average molecular weight is 424 g/mol. The Morgan fingerprint density at radius 3 is 1.89 bits per heavy atom. The quantitative estimate of drug-likeness (QED) is 0.500. The lowest BCUT2D eigenvalue weighted by atomic mass is 10.1. The fourth-order valence-corrected chi connectivity index (χ4v) is 4.11. The maximum atomic E-state index is 13.0. The topological polar surface area (TPSA) is 90.0 Å². The SMILES string of the molecule is COC(=O)c1cc(C(=O)OC)cc(S(=O)(=O)N(C)Cc2ccc(SC)cc2)c1. The summed E-state index contributed by atoms with van der Waals surface area (Å²) in [6.45, 7) is 0.132. The van der Waals surface area contributed by atoms with Crippen LogP contribution in [0.3, 0.4) is 0 Å². The molecule has 7 nitrogen and oxygen atoms in total. The normalized spacial score (nSPS) is 11.3. The summed E-state index contributed by atoms with van der Waals surface area (Å²) in [5.74, 6) is -1.50. The van der Waals surface area contributed by atoms with E-state index in [1.807, 2.05) is 30.5 Å². The van der Waals surface area contributed by atoms with Crippen LogP contribution in [0.4, 0.5) is 0 Å². The van der Waals surface area contributed by atoms with E-state index in [1.165, 1.54) is 39.5 Å². The van der Waals surface area contributed by atoms with Gasteiger partial charge in [0.15, 0.2) is 0 Å². The molecule has 0 amide bonds. The van der Waals surface area contributed by atoms with Gasteiger partial charge in [-0.2, -0.15) is 4.31 Å². The Kier molecular flexibility index (Phi) is 7.22. The molecule has 0 saturated carbocycles. The van der Waals surface area contributed by atoms with E-state index in [2.05, 4.69) is 9.47 Å². The van der Waals surface area contributed by atoms with Crippen LogP contribution in [0.15, 0.2) is 52.3 Å². The van der Waals surface area contributed by atoms with Gasteiger partial charge in [-0.1, -0.05) is 12.1 Å². The maximum Gasteiger partial charge on any atom is 0.337 e. The van der Waals surface area contributed by atoms with Crippen LogP contribution in [0.1, 0.15) is 26.3 Å². The first-order chi connectivity index (χ1) is 13.2. The van der Waals surface area contributed by atoms with Gasteiger partial charge in [0, 0.05) is 18.5 Å². The summed E-state index contributed by atoms with van der Waals surface area (Å²) in [5, 5.41) is 0. The zero-order valence-corrected chi connectivity index (χ0v) is 17.6. The van der Waals surface area contributed by atoms with E-state index in [1.54, 1.807) is 11.8 Å². The van der Waals surface area contributed by atoms with E-state index >= 15 is 0 Å². The Morgan fingerprint density at radius 1 is 0.964 bits per heavy atom. The molecule has 0 heterocycles. The number of esters is 2. The first-order valence-corrected chi connectivity index (χ1v) is 10.8. The third-order valence-corrected chi connectivity index (χ3v) is 6.55. The molecule has 0 spiro atoms. The van der Waals surface area contributed by atoms with Crippen LogP contribution in [0, 0.1) is 0 Å². The van der Waals surface area contributed by atoms with Crippen molar-refractivity contribution in [2.75, 3.05) is 27.5 Å². The van der Waals surface area contributed by atoms with Crippen LogP contribution in [0.5, 0.6) is 0 Å². The molecule has 0 fully saturated rings. The molecule has 0 N–H and O–H groups in total. The highest BCUT2D eigenvalue weighted by atomic mass is 32.2. The lowest BCUT2D eigenvalue weighted by Crippen LogP contribution is -2.27. The smallest absolute Gasteiger partial charge is 0.337 e. The van der Waals surface area contributed by atoms with Crippen LogP contribution >= 0.6 is 11.8 Å². The Balaban J connectivity index is 2.41. The molecular weight excluding hydrogens is 402 g/mol. The predicted molar refractivity (Wildman–Crippen MR) is 106 cm³/mol. The van der Waals surface area contributed by atoms with Gasteiger partial charge in [-0.15, -0.1) is 11.8 Å². The van der Waals surface area contributed by atoms with Crippen LogP contribution in [-0.2, 0) is 26.0 Å². The van der Waals surface area contributed by atoms with E-state index in [0.29, 0.717) is 0 Å². The van der Waals surface area contributed by atoms with Crippen molar-refractivity contribution in [2.24, 2.45) is 0 Å². The van der Waals surface area contributed by atoms with E-state index in [0.717, 1.165) is 14.8 Å². The molecule has 28 heavy (non-hydrogen) atoms. The van der Waals surface area contributed by atoms with Crippen LogP contribution in [-0.4, -0.2) is 52.2 Å². The van der Waals surface area contributed by atoms with Gasteiger partial charge in [-0.25, -0.2) is 18.0 Å². The Labute approximate surface area is 168 Å². The van der Waals surface area contributed by atoms with Gasteiger partial charge in [0.2, 0.25) is 10.0 Å². The van der Waals surface area contributed by atoms with Crippen LogP contribution < -0.4 is 0 Å². The second kappa shape index (κ2) is 9.22. The summed E-state index contributed by atoms with van der Waals surface area (Å²) >= 11 is 1.59. The fraction of sp³-hybridized carbons (Fsp3) is 0.263. The minimum atomic E-state index is -3.97. The van der Waals surface area contributed by atoms with Gasteiger partial charge in [-0.05, 0) is 42.2 Å². The third kappa shape index (κ3) is 4.92. The molecule has 0 bridgehead atoms. The predicted octanol–water partition coefficient (Wildman–Crippen LogP) is 2.80. The Morgan fingerprint density at radius 2 is 1.46 bits per heavy atom. The van der Waals surface area contributed by atoms with E-state index in [9.17, 15) is 18.0 Å². The molecule has 0 atom stereocenters. The molecule has 9 heteroatoms. The molecule has 0 aromatic heterocycles. The van der Waals surface area contributed by atoms with Crippen molar-refractivity contribution in [3.63, 3.8) is 0 Å². The highest BCUT2D eigenvalue weighted by Crippen LogP contribution is 2.22. The molecular formula is C19H21NO6S2. The number of sulfonamides is 1. The molecule has 150 valence electrons. The monoisotopic (exact) mass is 423 g/mol. The fourth-order valence-electron chi connectivity index (χ4n) is 2.47. The van der Waals surface area contributed by atoms with Crippen molar-refractivity contribution >= 4 is 33.7 Å². The van der Waals surface area contributed by atoms with Gasteiger partial charge in [0.1, 0.15) is 0 Å². The third-order valence-electron chi connectivity index (χ3n) is 4.02. The largest absolute Gasteiger partial charge is 0.465 e. The Bertz CT molecular complexity index is 936. The van der Waals surface area contributed by atoms with E-state index in [4.69, 9.17) is 0 Å². The molecule has 2 aromatic carbocycles. The summed E-state index contributed by atoms with van der Waals surface area (Å²) in [6.07, 6.45) is 1.96. The minimum absolute atomic E-state index is 0.0540. The molecule has 0 aliphatic carbocycles. The number of hydrogen-bond donors (Lipinski definition) is 0. The molecule has 0 aliphatic heterocycles. The number of nitrogens with zero attached hydrogens (tertiary/aromatic N) is 1. The Hall–Kier alpha value is -2.36.